The Labute approximate surface area is 175 Å². The van der Waals surface area contributed by atoms with E-state index in [1.54, 1.807) is 13.0 Å². The average molecular weight is 409 g/mol. The van der Waals surface area contributed by atoms with E-state index in [0.29, 0.717) is 37.5 Å². The molecule has 4 rings (SSSR count). The van der Waals surface area contributed by atoms with Gasteiger partial charge in [-0.25, -0.2) is 4.98 Å². The van der Waals surface area contributed by atoms with E-state index in [9.17, 15) is 9.59 Å². The molecule has 2 amide bonds. The summed E-state index contributed by atoms with van der Waals surface area (Å²) in [5.74, 6) is 1.69. The zero-order chi connectivity index (χ0) is 21.1. The minimum Gasteiger partial charge on any atom is -0.361 e. The number of imidazole rings is 1. The molecule has 1 atom stereocenters. The number of benzene rings is 1. The van der Waals surface area contributed by atoms with Crippen LogP contribution in [-0.2, 0) is 11.3 Å². The molecule has 1 aliphatic rings. The van der Waals surface area contributed by atoms with Crippen LogP contribution in [0.4, 0.5) is 0 Å². The lowest BCUT2D eigenvalue weighted by Gasteiger charge is -2.33. The molecule has 0 radical (unpaired) electrons. The van der Waals surface area contributed by atoms with Gasteiger partial charge in [-0.1, -0.05) is 17.3 Å². The van der Waals surface area contributed by atoms with Gasteiger partial charge in [0, 0.05) is 38.7 Å². The highest BCUT2D eigenvalue weighted by molar-refractivity contribution is 5.92. The fraction of sp³-hybridized carbons (Fsp3) is 0.455. The standard InChI is InChI=1S/C22H27N5O3/c1-15-12-19(25-30-15)22(29)23-13-17-6-5-10-26(14-17)21(28)9-11-27-16(2)24-18-7-3-4-8-20(18)27/h3-4,7-8,12,17H,5-6,9-11,13-14H2,1-2H3,(H,23,29). The fourth-order valence-electron chi connectivity index (χ4n) is 4.10. The molecule has 1 unspecified atom stereocenters. The fourth-order valence-corrected chi connectivity index (χ4v) is 4.10. The first kappa shape index (κ1) is 20.1. The number of nitrogens with one attached hydrogen (secondary N) is 1. The number of hydrogen-bond donors (Lipinski definition) is 1. The van der Waals surface area contributed by atoms with Crippen molar-refractivity contribution < 1.29 is 14.1 Å². The smallest absolute Gasteiger partial charge is 0.273 e. The number of para-hydroxylation sites is 2. The number of nitrogens with zero attached hydrogens (tertiary/aromatic N) is 4. The summed E-state index contributed by atoms with van der Waals surface area (Å²) in [5, 5.41) is 6.65. The first-order valence-electron chi connectivity index (χ1n) is 10.4. The van der Waals surface area contributed by atoms with Gasteiger partial charge in [0.1, 0.15) is 11.6 Å². The van der Waals surface area contributed by atoms with Crippen LogP contribution in [0.1, 0.15) is 41.3 Å². The van der Waals surface area contributed by atoms with Crippen LogP contribution in [0, 0.1) is 19.8 Å². The maximum atomic E-state index is 12.8. The van der Waals surface area contributed by atoms with Crippen LogP contribution >= 0.6 is 0 Å². The number of hydrogen-bond acceptors (Lipinski definition) is 5. The van der Waals surface area contributed by atoms with E-state index in [1.807, 2.05) is 36.1 Å². The Morgan fingerprint density at radius 1 is 1.27 bits per heavy atom. The largest absolute Gasteiger partial charge is 0.361 e. The van der Waals surface area contributed by atoms with Crippen molar-refractivity contribution in [3.05, 3.63) is 47.6 Å². The van der Waals surface area contributed by atoms with Gasteiger partial charge < -0.3 is 19.3 Å². The first-order chi connectivity index (χ1) is 14.5. The molecule has 3 heterocycles. The zero-order valence-electron chi connectivity index (χ0n) is 17.4. The second-order valence-electron chi connectivity index (χ2n) is 7.93. The Morgan fingerprint density at radius 2 is 2.10 bits per heavy atom. The lowest BCUT2D eigenvalue weighted by atomic mass is 9.97. The predicted molar refractivity (Wildman–Crippen MR) is 112 cm³/mol. The summed E-state index contributed by atoms with van der Waals surface area (Å²) >= 11 is 0. The molecule has 3 aromatic rings. The third-order valence-electron chi connectivity index (χ3n) is 5.68. The number of aromatic nitrogens is 3. The number of fused-ring (bicyclic) bond motifs is 1. The number of amides is 2. The van der Waals surface area contributed by atoms with E-state index >= 15 is 0 Å². The molecule has 158 valence electrons. The molecule has 0 aliphatic carbocycles. The van der Waals surface area contributed by atoms with Crippen molar-refractivity contribution >= 4 is 22.8 Å². The Hall–Kier alpha value is -3.16. The van der Waals surface area contributed by atoms with Crippen LogP contribution in [0.5, 0.6) is 0 Å². The van der Waals surface area contributed by atoms with Crippen LogP contribution in [0.15, 0.2) is 34.9 Å². The van der Waals surface area contributed by atoms with Crippen molar-refractivity contribution in [1.82, 2.24) is 24.9 Å². The molecule has 8 nitrogen and oxygen atoms in total. The number of rotatable bonds is 6. The van der Waals surface area contributed by atoms with Crippen LogP contribution in [-0.4, -0.2) is 51.1 Å². The van der Waals surface area contributed by atoms with Crippen molar-refractivity contribution in [3.63, 3.8) is 0 Å². The molecule has 1 saturated heterocycles. The summed E-state index contributed by atoms with van der Waals surface area (Å²) in [7, 11) is 0. The molecule has 0 spiro atoms. The van der Waals surface area contributed by atoms with E-state index in [4.69, 9.17) is 4.52 Å². The molecule has 1 fully saturated rings. The van der Waals surface area contributed by atoms with Gasteiger partial charge in [-0.15, -0.1) is 0 Å². The highest BCUT2D eigenvalue weighted by Crippen LogP contribution is 2.19. The third kappa shape index (κ3) is 4.37. The molecule has 1 N–H and O–H groups in total. The molecule has 8 heteroatoms. The van der Waals surface area contributed by atoms with Crippen molar-refractivity contribution in [3.8, 4) is 0 Å². The second-order valence-corrected chi connectivity index (χ2v) is 7.93. The van der Waals surface area contributed by atoms with Crippen LogP contribution in [0.2, 0.25) is 0 Å². The van der Waals surface area contributed by atoms with Gasteiger partial charge in [0.15, 0.2) is 5.69 Å². The summed E-state index contributed by atoms with van der Waals surface area (Å²) in [5.41, 5.74) is 2.31. The maximum absolute atomic E-state index is 12.8. The van der Waals surface area contributed by atoms with Crippen molar-refractivity contribution in [1.29, 1.82) is 0 Å². The predicted octanol–water partition coefficient (Wildman–Crippen LogP) is 2.70. The average Bonchev–Trinajstić information content (AvgIpc) is 3.33. The number of piperidine rings is 1. The summed E-state index contributed by atoms with van der Waals surface area (Å²) in [4.78, 5) is 31.5. The normalized spacial score (nSPS) is 16.7. The number of aryl methyl sites for hydroxylation is 3. The van der Waals surface area contributed by atoms with Gasteiger partial charge in [0.2, 0.25) is 5.91 Å². The number of likely N-dealkylation sites (tertiary alicyclic amines) is 1. The van der Waals surface area contributed by atoms with Crippen LogP contribution in [0.3, 0.4) is 0 Å². The monoisotopic (exact) mass is 409 g/mol. The minimum absolute atomic E-state index is 0.148. The van der Waals surface area contributed by atoms with E-state index < -0.39 is 0 Å². The number of carbonyl (C=O) groups is 2. The topological polar surface area (TPSA) is 93.3 Å². The Morgan fingerprint density at radius 3 is 2.90 bits per heavy atom. The summed E-state index contributed by atoms with van der Waals surface area (Å²) in [6.07, 6.45) is 2.38. The molecular weight excluding hydrogens is 382 g/mol. The molecular formula is C22H27N5O3. The van der Waals surface area contributed by atoms with E-state index in [-0.39, 0.29) is 17.7 Å². The van der Waals surface area contributed by atoms with Crippen molar-refractivity contribution in [2.45, 2.75) is 39.7 Å². The summed E-state index contributed by atoms with van der Waals surface area (Å²) < 4.78 is 7.05. The highest BCUT2D eigenvalue weighted by Gasteiger charge is 2.24. The quantitative estimate of drug-likeness (QED) is 0.676. The Bertz CT molecular complexity index is 1050. The lowest BCUT2D eigenvalue weighted by Crippen LogP contribution is -2.44. The molecule has 0 bridgehead atoms. The van der Waals surface area contributed by atoms with E-state index in [2.05, 4.69) is 20.0 Å². The van der Waals surface area contributed by atoms with Crippen LogP contribution < -0.4 is 5.32 Å². The van der Waals surface area contributed by atoms with Gasteiger partial charge >= 0.3 is 0 Å². The summed E-state index contributed by atoms with van der Waals surface area (Å²) in [6.45, 7) is 6.31. The minimum atomic E-state index is -0.238. The van der Waals surface area contributed by atoms with Gasteiger partial charge in [-0.05, 0) is 44.7 Å². The number of carbonyl (C=O) groups excluding carboxylic acids is 2. The van der Waals surface area contributed by atoms with Gasteiger partial charge in [0.25, 0.3) is 5.91 Å². The zero-order valence-corrected chi connectivity index (χ0v) is 17.4. The molecule has 30 heavy (non-hydrogen) atoms. The van der Waals surface area contributed by atoms with E-state index in [0.717, 1.165) is 36.2 Å². The van der Waals surface area contributed by atoms with Crippen molar-refractivity contribution in [2.24, 2.45) is 5.92 Å². The van der Waals surface area contributed by atoms with E-state index in [1.165, 1.54) is 0 Å². The second kappa shape index (κ2) is 8.69. The Balaban J connectivity index is 1.30. The molecule has 0 saturated carbocycles. The SMILES string of the molecule is Cc1cc(C(=O)NCC2CCCN(C(=O)CCn3c(C)nc4ccccc43)C2)no1. The molecule has 2 aromatic heterocycles. The van der Waals surface area contributed by atoms with Gasteiger partial charge in [0.05, 0.1) is 11.0 Å². The molecule has 1 aromatic carbocycles. The van der Waals surface area contributed by atoms with Gasteiger partial charge in [-0.2, -0.15) is 0 Å². The van der Waals surface area contributed by atoms with Gasteiger partial charge in [-0.3, -0.25) is 9.59 Å². The Kier molecular flexibility index (Phi) is 5.83. The first-order valence-corrected chi connectivity index (χ1v) is 10.4. The maximum Gasteiger partial charge on any atom is 0.273 e. The molecule has 1 aliphatic heterocycles. The highest BCUT2D eigenvalue weighted by atomic mass is 16.5. The lowest BCUT2D eigenvalue weighted by molar-refractivity contribution is -0.133. The van der Waals surface area contributed by atoms with Crippen molar-refractivity contribution in [2.75, 3.05) is 19.6 Å². The third-order valence-corrected chi connectivity index (χ3v) is 5.68. The summed E-state index contributed by atoms with van der Waals surface area (Å²) in [6, 6.07) is 9.61. The van der Waals surface area contributed by atoms with Crippen LogP contribution in [0.25, 0.3) is 11.0 Å².